The molecule has 1 aliphatic heterocycles. The topological polar surface area (TPSA) is 44.8 Å². The van der Waals surface area contributed by atoms with Crippen molar-refractivity contribution < 1.29 is 18.7 Å². The van der Waals surface area contributed by atoms with Crippen molar-refractivity contribution >= 4 is 27.4 Å². The molecule has 1 unspecified atom stereocenters. The third kappa shape index (κ3) is 3.42. The number of fused-ring (bicyclic) bond motifs is 1. The Morgan fingerprint density at radius 3 is 2.70 bits per heavy atom. The van der Waals surface area contributed by atoms with Crippen LogP contribution in [0, 0.1) is 0 Å². The summed E-state index contributed by atoms with van der Waals surface area (Å²) in [6.07, 6.45) is 0.616. The molecule has 0 aromatic carbocycles. The van der Waals surface area contributed by atoms with Crippen molar-refractivity contribution in [1.29, 1.82) is 0 Å². The predicted molar refractivity (Wildman–Crippen MR) is 83.0 cm³/mol. The van der Waals surface area contributed by atoms with Crippen LogP contribution in [0.15, 0.2) is 5.38 Å². The van der Waals surface area contributed by atoms with Gasteiger partial charge in [0.25, 0.3) is 0 Å². The molecule has 0 aliphatic carbocycles. The molecular weight excluding hydrogens is 292 g/mol. The maximum Gasteiger partial charge on any atom is 0.183 e. The molecule has 1 aromatic rings. The summed E-state index contributed by atoms with van der Waals surface area (Å²) in [5.41, 5.74) is -0.417. The number of aldehydes is 1. The van der Waals surface area contributed by atoms with Gasteiger partial charge in [-0.25, -0.2) is 0 Å². The first-order valence-electron chi connectivity index (χ1n) is 6.73. The Kier molecular flexibility index (Phi) is 4.27. The summed E-state index contributed by atoms with van der Waals surface area (Å²) < 4.78 is 17.8. The van der Waals surface area contributed by atoms with E-state index in [1.54, 1.807) is 0 Å². The van der Waals surface area contributed by atoms with E-state index in [1.165, 1.54) is 11.3 Å². The molecular formula is C14H22O4SSi. The fraction of sp³-hybridized carbons (Fsp3) is 0.643. The second kappa shape index (κ2) is 5.50. The first kappa shape index (κ1) is 15.5. The van der Waals surface area contributed by atoms with Crippen molar-refractivity contribution in [2.24, 2.45) is 0 Å². The molecule has 0 N–H and O–H groups in total. The Balaban J connectivity index is 2.09. The molecule has 6 heteroatoms. The zero-order chi connectivity index (χ0) is 15.0. The normalized spacial score (nSPS) is 19.6. The summed E-state index contributed by atoms with van der Waals surface area (Å²) in [6, 6.07) is 0. The van der Waals surface area contributed by atoms with Crippen LogP contribution in [0.4, 0.5) is 0 Å². The predicted octanol–water partition coefficient (Wildman–Crippen LogP) is 2.80. The van der Waals surface area contributed by atoms with Gasteiger partial charge in [-0.3, -0.25) is 4.79 Å². The van der Waals surface area contributed by atoms with Gasteiger partial charge in [0.15, 0.2) is 33.7 Å². The molecule has 0 radical (unpaired) electrons. The van der Waals surface area contributed by atoms with Gasteiger partial charge in [0.1, 0.15) is 11.5 Å². The minimum atomic E-state index is -0.679. The van der Waals surface area contributed by atoms with Crippen molar-refractivity contribution in [1.82, 2.24) is 0 Å². The molecule has 0 saturated heterocycles. The van der Waals surface area contributed by atoms with Gasteiger partial charge in [0.05, 0.1) is 5.60 Å². The zero-order valence-corrected chi connectivity index (χ0v) is 14.9. The van der Waals surface area contributed by atoms with Crippen molar-refractivity contribution in [3.05, 3.63) is 10.3 Å². The SMILES string of the molecule is CC(C)(C)[SiH2]OC(C)(C)C1COc2csc(C=O)c2O1. The smallest absolute Gasteiger partial charge is 0.183 e. The molecule has 1 aliphatic rings. The highest BCUT2D eigenvalue weighted by molar-refractivity contribution is 7.12. The molecule has 20 heavy (non-hydrogen) atoms. The quantitative estimate of drug-likeness (QED) is 0.633. The van der Waals surface area contributed by atoms with Crippen LogP contribution in [0.1, 0.15) is 44.3 Å². The third-order valence-corrected chi connectivity index (χ3v) is 5.77. The van der Waals surface area contributed by atoms with Crippen LogP contribution in [0.5, 0.6) is 11.5 Å². The van der Waals surface area contributed by atoms with Crippen LogP contribution in [-0.4, -0.2) is 34.4 Å². The van der Waals surface area contributed by atoms with E-state index >= 15 is 0 Å². The molecule has 0 amide bonds. The molecule has 0 fully saturated rings. The van der Waals surface area contributed by atoms with E-state index in [1.807, 2.05) is 19.2 Å². The first-order valence-corrected chi connectivity index (χ1v) is 8.89. The monoisotopic (exact) mass is 314 g/mol. The van der Waals surface area contributed by atoms with Crippen LogP contribution < -0.4 is 9.47 Å². The Labute approximate surface area is 126 Å². The van der Waals surface area contributed by atoms with Gasteiger partial charge < -0.3 is 13.9 Å². The van der Waals surface area contributed by atoms with E-state index in [2.05, 4.69) is 20.8 Å². The molecule has 1 atom stereocenters. The summed E-state index contributed by atoms with van der Waals surface area (Å²) in [6.45, 7) is 11.1. The summed E-state index contributed by atoms with van der Waals surface area (Å²) in [4.78, 5) is 11.6. The van der Waals surface area contributed by atoms with E-state index in [4.69, 9.17) is 13.9 Å². The number of thiophene rings is 1. The largest absolute Gasteiger partial charge is 0.485 e. The summed E-state index contributed by atoms with van der Waals surface area (Å²) in [7, 11) is -0.679. The van der Waals surface area contributed by atoms with E-state index < -0.39 is 15.4 Å². The highest BCUT2D eigenvalue weighted by atomic mass is 32.1. The fourth-order valence-corrected chi connectivity index (χ4v) is 3.53. The number of carbonyl (C=O) groups excluding carboxylic acids is 1. The lowest BCUT2D eigenvalue weighted by Gasteiger charge is -2.38. The van der Waals surface area contributed by atoms with Crippen LogP contribution >= 0.6 is 11.3 Å². The Morgan fingerprint density at radius 1 is 1.40 bits per heavy atom. The molecule has 112 valence electrons. The molecule has 2 heterocycles. The maximum absolute atomic E-state index is 11.0. The van der Waals surface area contributed by atoms with Gasteiger partial charge in [-0.2, -0.15) is 0 Å². The lowest BCUT2D eigenvalue weighted by molar-refractivity contribution is -0.0496. The van der Waals surface area contributed by atoms with Crippen LogP contribution in [0.3, 0.4) is 0 Å². The van der Waals surface area contributed by atoms with Crippen molar-refractivity contribution in [3.8, 4) is 11.5 Å². The van der Waals surface area contributed by atoms with Crippen molar-refractivity contribution in [2.75, 3.05) is 6.61 Å². The Morgan fingerprint density at radius 2 is 2.10 bits per heavy atom. The van der Waals surface area contributed by atoms with E-state index in [0.717, 1.165) is 6.29 Å². The Hall–Kier alpha value is -0.853. The number of ether oxygens (including phenoxy) is 2. The molecule has 2 rings (SSSR count). The summed E-state index contributed by atoms with van der Waals surface area (Å²) in [5.74, 6) is 1.23. The summed E-state index contributed by atoms with van der Waals surface area (Å²) >= 11 is 1.35. The van der Waals surface area contributed by atoms with Crippen molar-refractivity contribution in [2.45, 2.75) is 51.4 Å². The zero-order valence-electron chi connectivity index (χ0n) is 12.7. The summed E-state index contributed by atoms with van der Waals surface area (Å²) in [5, 5.41) is 2.04. The lowest BCUT2D eigenvalue weighted by Crippen LogP contribution is -2.49. The molecule has 0 bridgehead atoms. The van der Waals surface area contributed by atoms with E-state index in [-0.39, 0.29) is 11.1 Å². The van der Waals surface area contributed by atoms with Gasteiger partial charge >= 0.3 is 0 Å². The molecule has 4 nitrogen and oxygen atoms in total. The van der Waals surface area contributed by atoms with E-state index in [0.29, 0.717) is 23.0 Å². The number of carbonyl (C=O) groups is 1. The first-order chi connectivity index (χ1) is 9.23. The highest BCUT2D eigenvalue weighted by Crippen LogP contribution is 2.41. The molecule has 0 spiro atoms. The van der Waals surface area contributed by atoms with Gasteiger partial charge in [0.2, 0.25) is 0 Å². The number of hydrogen-bond acceptors (Lipinski definition) is 5. The van der Waals surface area contributed by atoms with Gasteiger partial charge in [-0.15, -0.1) is 11.3 Å². The minimum Gasteiger partial charge on any atom is -0.485 e. The second-order valence-corrected chi connectivity index (χ2v) is 10.4. The number of hydrogen-bond donors (Lipinski definition) is 0. The van der Waals surface area contributed by atoms with Gasteiger partial charge in [-0.05, 0) is 18.9 Å². The van der Waals surface area contributed by atoms with Crippen LogP contribution in [0.25, 0.3) is 0 Å². The van der Waals surface area contributed by atoms with Crippen LogP contribution in [-0.2, 0) is 4.43 Å². The maximum atomic E-state index is 11.0. The highest BCUT2D eigenvalue weighted by Gasteiger charge is 2.38. The lowest BCUT2D eigenvalue weighted by atomic mass is 10.0. The average molecular weight is 314 g/mol. The standard InChI is InChI=1S/C14H22O4SSi/c1-13(2,3)20-18-14(4,5)11-7-16-9-8-19-10(6-15)12(9)17-11/h6,8,11H,7,20H2,1-5H3. The van der Waals surface area contributed by atoms with Crippen LogP contribution in [0.2, 0.25) is 5.04 Å². The minimum absolute atomic E-state index is 0.196. The molecule has 1 aromatic heterocycles. The van der Waals surface area contributed by atoms with Gasteiger partial charge in [0, 0.05) is 5.38 Å². The second-order valence-electron chi connectivity index (χ2n) is 6.78. The Bertz CT molecular complexity index is 490. The average Bonchev–Trinajstić information content (AvgIpc) is 2.78. The van der Waals surface area contributed by atoms with Gasteiger partial charge in [-0.1, -0.05) is 20.8 Å². The number of rotatable bonds is 4. The van der Waals surface area contributed by atoms with Crippen molar-refractivity contribution in [3.63, 3.8) is 0 Å². The third-order valence-electron chi connectivity index (χ3n) is 3.15. The van der Waals surface area contributed by atoms with E-state index in [9.17, 15) is 4.79 Å². The molecule has 0 saturated carbocycles. The fourth-order valence-electron chi connectivity index (χ4n) is 1.82.